The Labute approximate surface area is 101 Å². The lowest BCUT2D eigenvalue weighted by atomic mass is 9.95. The molecule has 0 aliphatic carbocycles. The van der Waals surface area contributed by atoms with Gasteiger partial charge in [0.2, 0.25) is 5.91 Å². The maximum Gasteiger partial charge on any atom is 0.229 e. The summed E-state index contributed by atoms with van der Waals surface area (Å²) in [7, 11) is 0. The minimum Gasteiger partial charge on any atom is -0.325 e. The second-order valence-electron chi connectivity index (χ2n) is 5.11. The van der Waals surface area contributed by atoms with Gasteiger partial charge in [0.05, 0.1) is 0 Å². The summed E-state index contributed by atoms with van der Waals surface area (Å²) in [5.41, 5.74) is 0.444. The predicted octanol–water partition coefficient (Wildman–Crippen LogP) is 3.22. The fraction of sp³-hybridized carbons (Fsp3) is 0.286. The third kappa shape index (κ3) is 2.44. The van der Waals surface area contributed by atoms with Crippen molar-refractivity contribution in [3.05, 3.63) is 36.7 Å². The maximum absolute atomic E-state index is 12.0. The molecule has 0 fully saturated rings. The Hall–Kier alpha value is -1.90. The van der Waals surface area contributed by atoms with Crippen LogP contribution in [0.15, 0.2) is 36.7 Å². The molecule has 0 aliphatic rings. The molecular formula is C14H16N2O. The highest BCUT2D eigenvalue weighted by Crippen LogP contribution is 2.24. The van der Waals surface area contributed by atoms with Gasteiger partial charge >= 0.3 is 0 Å². The second-order valence-corrected chi connectivity index (χ2v) is 5.11. The number of amides is 1. The van der Waals surface area contributed by atoms with Gasteiger partial charge in [-0.2, -0.15) is 0 Å². The van der Waals surface area contributed by atoms with Crippen LogP contribution in [-0.2, 0) is 4.79 Å². The summed E-state index contributed by atoms with van der Waals surface area (Å²) in [5, 5.41) is 5.00. The summed E-state index contributed by atoms with van der Waals surface area (Å²) in [6, 6.07) is 7.72. The van der Waals surface area contributed by atoms with E-state index in [0.717, 1.165) is 16.5 Å². The highest BCUT2D eigenvalue weighted by atomic mass is 16.2. The van der Waals surface area contributed by atoms with Crippen LogP contribution in [0.3, 0.4) is 0 Å². The second kappa shape index (κ2) is 4.17. The largest absolute Gasteiger partial charge is 0.325 e. The molecule has 1 amide bonds. The minimum absolute atomic E-state index is 0.0156. The fourth-order valence-corrected chi connectivity index (χ4v) is 1.54. The lowest BCUT2D eigenvalue weighted by Crippen LogP contribution is -2.27. The minimum atomic E-state index is -0.394. The molecule has 3 heteroatoms. The molecule has 1 N–H and O–H groups in total. The number of carbonyl (C=O) groups is 1. The molecule has 0 radical (unpaired) electrons. The number of hydrogen-bond acceptors (Lipinski definition) is 2. The van der Waals surface area contributed by atoms with Crippen molar-refractivity contribution in [2.75, 3.05) is 5.32 Å². The van der Waals surface area contributed by atoms with Gasteiger partial charge < -0.3 is 5.32 Å². The lowest BCUT2D eigenvalue weighted by Gasteiger charge is -2.18. The molecule has 2 rings (SSSR count). The molecule has 0 atom stereocenters. The molecule has 0 saturated heterocycles. The number of hydrogen-bond donors (Lipinski definition) is 1. The average molecular weight is 228 g/mol. The van der Waals surface area contributed by atoms with Gasteiger partial charge in [-0.25, -0.2) is 0 Å². The number of nitrogens with zero attached hydrogens (tertiary/aromatic N) is 1. The maximum atomic E-state index is 12.0. The first-order valence-electron chi connectivity index (χ1n) is 5.63. The first-order chi connectivity index (χ1) is 7.98. The number of anilines is 1. The number of aromatic nitrogens is 1. The first-order valence-corrected chi connectivity index (χ1v) is 5.63. The quantitative estimate of drug-likeness (QED) is 0.814. The van der Waals surface area contributed by atoms with Crippen LogP contribution in [0.4, 0.5) is 5.69 Å². The molecule has 3 nitrogen and oxygen atoms in total. The van der Waals surface area contributed by atoms with Crippen LogP contribution < -0.4 is 5.32 Å². The van der Waals surface area contributed by atoms with Gasteiger partial charge in [-0.1, -0.05) is 32.9 Å². The van der Waals surface area contributed by atoms with Crippen molar-refractivity contribution in [1.29, 1.82) is 0 Å². The van der Waals surface area contributed by atoms with Crippen LogP contribution >= 0.6 is 0 Å². The highest BCUT2D eigenvalue weighted by molar-refractivity contribution is 6.03. The molecule has 0 aliphatic heterocycles. The monoisotopic (exact) mass is 228 g/mol. The smallest absolute Gasteiger partial charge is 0.229 e. The topological polar surface area (TPSA) is 42.0 Å². The van der Waals surface area contributed by atoms with Crippen molar-refractivity contribution >= 4 is 22.4 Å². The Morgan fingerprint density at radius 3 is 2.71 bits per heavy atom. The molecule has 1 aromatic carbocycles. The number of nitrogens with one attached hydrogen (secondary N) is 1. The fourth-order valence-electron chi connectivity index (χ4n) is 1.54. The molecule has 1 aromatic heterocycles. The summed E-state index contributed by atoms with van der Waals surface area (Å²) in [6.45, 7) is 5.69. The van der Waals surface area contributed by atoms with Crippen molar-refractivity contribution in [1.82, 2.24) is 4.98 Å². The number of benzene rings is 1. The summed E-state index contributed by atoms with van der Waals surface area (Å²) in [6.07, 6.45) is 3.52. The molecular weight excluding hydrogens is 212 g/mol. The van der Waals surface area contributed by atoms with Gasteiger partial charge in [0, 0.05) is 34.3 Å². The average Bonchev–Trinajstić information content (AvgIpc) is 2.28. The SMILES string of the molecule is CC(C)(C)C(=O)Nc1cccc2cnccc12. The summed E-state index contributed by atoms with van der Waals surface area (Å²) in [4.78, 5) is 16.0. The van der Waals surface area contributed by atoms with E-state index in [2.05, 4.69) is 10.3 Å². The van der Waals surface area contributed by atoms with Gasteiger partial charge in [0.15, 0.2) is 0 Å². The van der Waals surface area contributed by atoms with Crippen LogP contribution in [0.1, 0.15) is 20.8 Å². The van der Waals surface area contributed by atoms with E-state index >= 15 is 0 Å². The van der Waals surface area contributed by atoms with Crippen LogP contribution in [0.2, 0.25) is 0 Å². The summed E-state index contributed by atoms with van der Waals surface area (Å²) < 4.78 is 0. The number of rotatable bonds is 1. The Bertz CT molecular complexity index is 550. The van der Waals surface area contributed by atoms with Gasteiger partial charge in [-0.15, -0.1) is 0 Å². The van der Waals surface area contributed by atoms with Crippen molar-refractivity contribution in [2.24, 2.45) is 5.41 Å². The Morgan fingerprint density at radius 2 is 2.00 bits per heavy atom. The third-order valence-electron chi connectivity index (χ3n) is 2.61. The predicted molar refractivity (Wildman–Crippen MR) is 69.8 cm³/mol. The van der Waals surface area contributed by atoms with E-state index in [1.807, 2.05) is 45.0 Å². The molecule has 1 heterocycles. The third-order valence-corrected chi connectivity index (χ3v) is 2.61. The van der Waals surface area contributed by atoms with E-state index in [4.69, 9.17) is 0 Å². The summed E-state index contributed by atoms with van der Waals surface area (Å²) >= 11 is 0. The zero-order chi connectivity index (χ0) is 12.5. The first kappa shape index (κ1) is 11.6. The van der Waals surface area contributed by atoms with Crippen LogP contribution in [0.5, 0.6) is 0 Å². The van der Waals surface area contributed by atoms with Crippen molar-refractivity contribution in [3.8, 4) is 0 Å². The van der Waals surface area contributed by atoms with Crippen molar-refractivity contribution in [3.63, 3.8) is 0 Å². The Balaban J connectivity index is 2.40. The van der Waals surface area contributed by atoms with Crippen LogP contribution in [-0.4, -0.2) is 10.9 Å². The molecule has 2 aromatic rings. The zero-order valence-electron chi connectivity index (χ0n) is 10.3. The van der Waals surface area contributed by atoms with E-state index < -0.39 is 5.41 Å². The van der Waals surface area contributed by atoms with Crippen molar-refractivity contribution < 1.29 is 4.79 Å². The van der Waals surface area contributed by atoms with Gasteiger partial charge in [0.25, 0.3) is 0 Å². The number of pyridine rings is 1. The van der Waals surface area contributed by atoms with E-state index in [9.17, 15) is 4.79 Å². The van der Waals surface area contributed by atoms with Gasteiger partial charge in [-0.05, 0) is 12.1 Å². The molecule has 0 unspecified atom stereocenters. The van der Waals surface area contributed by atoms with Crippen LogP contribution in [0.25, 0.3) is 10.8 Å². The molecule has 17 heavy (non-hydrogen) atoms. The normalized spacial score (nSPS) is 11.5. The number of fused-ring (bicyclic) bond motifs is 1. The lowest BCUT2D eigenvalue weighted by molar-refractivity contribution is -0.123. The highest BCUT2D eigenvalue weighted by Gasteiger charge is 2.21. The Kier molecular flexibility index (Phi) is 2.84. The molecule has 0 spiro atoms. The van der Waals surface area contributed by atoms with E-state index in [-0.39, 0.29) is 5.91 Å². The molecule has 0 bridgehead atoms. The standard InChI is InChI=1S/C14H16N2O/c1-14(2,3)13(17)16-12-6-4-5-10-9-15-8-7-11(10)12/h4-9H,1-3H3,(H,16,17). The molecule has 88 valence electrons. The summed E-state index contributed by atoms with van der Waals surface area (Å²) in [5.74, 6) is 0.0156. The van der Waals surface area contributed by atoms with Crippen LogP contribution in [0, 0.1) is 5.41 Å². The van der Waals surface area contributed by atoms with E-state index in [0.29, 0.717) is 0 Å². The molecule has 0 saturated carbocycles. The number of carbonyl (C=O) groups excluding carboxylic acids is 1. The van der Waals surface area contributed by atoms with Gasteiger partial charge in [-0.3, -0.25) is 9.78 Å². The van der Waals surface area contributed by atoms with E-state index in [1.54, 1.807) is 12.4 Å². The van der Waals surface area contributed by atoms with E-state index in [1.165, 1.54) is 0 Å². The Morgan fingerprint density at radius 1 is 1.24 bits per heavy atom. The zero-order valence-corrected chi connectivity index (χ0v) is 10.3. The van der Waals surface area contributed by atoms with Crippen molar-refractivity contribution in [2.45, 2.75) is 20.8 Å². The van der Waals surface area contributed by atoms with Gasteiger partial charge in [0.1, 0.15) is 0 Å².